The van der Waals surface area contributed by atoms with E-state index >= 15 is 0 Å². The highest BCUT2D eigenvalue weighted by Crippen LogP contribution is 2.39. The molecule has 0 aromatic carbocycles. The van der Waals surface area contributed by atoms with Gasteiger partial charge in [-0.15, -0.1) is 0 Å². The molecule has 1 fully saturated rings. The first-order valence-electron chi connectivity index (χ1n) is 8.22. The van der Waals surface area contributed by atoms with Gasteiger partial charge in [-0.2, -0.15) is 23.2 Å². The third kappa shape index (κ3) is 3.72. The maximum atomic E-state index is 14.0. The van der Waals surface area contributed by atoms with Gasteiger partial charge in [0, 0.05) is 31.0 Å². The fourth-order valence-electron chi connectivity index (χ4n) is 2.52. The molecule has 27 heavy (non-hydrogen) atoms. The van der Waals surface area contributed by atoms with E-state index in [4.69, 9.17) is 9.47 Å². The van der Waals surface area contributed by atoms with E-state index in [-0.39, 0.29) is 37.2 Å². The number of esters is 1. The normalized spacial score (nSPS) is 23.2. The number of aromatic nitrogens is 1. The standard InChI is InChI=1S/C16H17F3N4O4/c1-2-26-13(24)15(16(17,18)19)21-12(11-3-5-20-6-4-11)27-14(22-15)23-7-9-25-10-8-23/h3-6H,2,7-10H2,1H3/t15-/m1/s1. The molecule has 1 aromatic rings. The van der Waals surface area contributed by atoms with E-state index in [2.05, 4.69) is 19.7 Å². The van der Waals surface area contributed by atoms with E-state index in [1.165, 1.54) is 36.4 Å². The lowest BCUT2D eigenvalue weighted by atomic mass is 10.1. The number of pyridine rings is 1. The number of ether oxygens (including phenoxy) is 3. The van der Waals surface area contributed by atoms with Gasteiger partial charge in [-0.3, -0.25) is 4.98 Å². The second-order valence-corrected chi connectivity index (χ2v) is 5.64. The number of rotatable bonds is 3. The summed E-state index contributed by atoms with van der Waals surface area (Å²) < 4.78 is 57.3. The number of alkyl halides is 3. The van der Waals surface area contributed by atoms with Gasteiger partial charge in [0.2, 0.25) is 5.90 Å². The first-order chi connectivity index (χ1) is 12.9. The Morgan fingerprint density at radius 2 is 1.93 bits per heavy atom. The van der Waals surface area contributed by atoms with Crippen molar-refractivity contribution in [1.82, 2.24) is 9.88 Å². The van der Waals surface area contributed by atoms with Gasteiger partial charge in [0.25, 0.3) is 6.02 Å². The van der Waals surface area contributed by atoms with Crippen molar-refractivity contribution >= 4 is 17.9 Å². The minimum absolute atomic E-state index is 0.226. The third-order valence-corrected chi connectivity index (χ3v) is 3.87. The molecule has 0 radical (unpaired) electrons. The summed E-state index contributed by atoms with van der Waals surface area (Å²) in [5.41, 5.74) is -3.21. The number of carbonyl (C=O) groups is 1. The number of hydrogen-bond donors (Lipinski definition) is 0. The molecule has 0 bridgehead atoms. The maximum absolute atomic E-state index is 14.0. The average Bonchev–Trinajstić information content (AvgIpc) is 2.68. The molecule has 1 atom stereocenters. The van der Waals surface area contributed by atoms with Gasteiger partial charge < -0.3 is 19.1 Å². The highest BCUT2D eigenvalue weighted by Gasteiger charge is 2.65. The molecule has 11 heteroatoms. The van der Waals surface area contributed by atoms with Crippen molar-refractivity contribution in [1.29, 1.82) is 0 Å². The van der Waals surface area contributed by atoms with Crippen LogP contribution in [0.15, 0.2) is 34.5 Å². The van der Waals surface area contributed by atoms with Crippen LogP contribution in [0.5, 0.6) is 0 Å². The topological polar surface area (TPSA) is 85.6 Å². The second kappa shape index (κ2) is 7.51. The van der Waals surface area contributed by atoms with Crippen LogP contribution >= 0.6 is 0 Å². The van der Waals surface area contributed by atoms with Crippen LogP contribution in [-0.4, -0.2) is 72.5 Å². The van der Waals surface area contributed by atoms with E-state index in [1.54, 1.807) is 0 Å². The Morgan fingerprint density at radius 1 is 1.26 bits per heavy atom. The van der Waals surface area contributed by atoms with Crippen LogP contribution in [0.4, 0.5) is 13.2 Å². The molecule has 8 nitrogen and oxygen atoms in total. The van der Waals surface area contributed by atoms with Gasteiger partial charge in [-0.25, -0.2) is 4.79 Å². The largest absolute Gasteiger partial charge is 0.462 e. The summed E-state index contributed by atoms with van der Waals surface area (Å²) in [4.78, 5) is 24.7. The minimum atomic E-state index is -5.13. The maximum Gasteiger partial charge on any atom is 0.446 e. The van der Waals surface area contributed by atoms with E-state index in [1.807, 2.05) is 0 Å². The Morgan fingerprint density at radius 3 is 2.52 bits per heavy atom. The monoisotopic (exact) mass is 386 g/mol. The Hall–Kier alpha value is -2.69. The Kier molecular flexibility index (Phi) is 5.31. The number of aliphatic imine (C=N–C) groups is 2. The summed E-state index contributed by atoms with van der Waals surface area (Å²) in [5, 5.41) is 0. The summed E-state index contributed by atoms with van der Waals surface area (Å²) >= 11 is 0. The molecule has 1 saturated heterocycles. The minimum Gasteiger partial charge on any atom is -0.462 e. The first-order valence-corrected chi connectivity index (χ1v) is 8.22. The first kappa shape index (κ1) is 19.1. The van der Waals surface area contributed by atoms with Gasteiger partial charge >= 0.3 is 17.8 Å². The molecule has 146 valence electrons. The summed E-state index contributed by atoms with van der Waals surface area (Å²) in [5.74, 6) is -2.00. The Bertz CT molecular complexity index is 748. The molecule has 2 aliphatic heterocycles. The van der Waals surface area contributed by atoms with Crippen molar-refractivity contribution in [2.45, 2.75) is 18.8 Å². The second-order valence-electron chi connectivity index (χ2n) is 5.64. The van der Waals surface area contributed by atoms with E-state index in [0.29, 0.717) is 13.2 Å². The number of nitrogens with zero attached hydrogens (tertiary/aromatic N) is 4. The van der Waals surface area contributed by atoms with Crippen LogP contribution in [-0.2, 0) is 19.0 Å². The zero-order valence-electron chi connectivity index (χ0n) is 14.4. The zero-order valence-corrected chi connectivity index (χ0v) is 14.4. The van der Waals surface area contributed by atoms with Crippen molar-refractivity contribution in [2.24, 2.45) is 9.98 Å². The number of halogens is 3. The number of carbonyl (C=O) groups excluding carboxylic acids is 1. The lowest BCUT2D eigenvalue weighted by molar-refractivity contribution is -0.204. The predicted octanol–water partition coefficient (Wildman–Crippen LogP) is 1.37. The van der Waals surface area contributed by atoms with Crippen molar-refractivity contribution < 1.29 is 32.2 Å². The highest BCUT2D eigenvalue weighted by molar-refractivity contribution is 6.05. The van der Waals surface area contributed by atoms with E-state index in [9.17, 15) is 18.0 Å². The quantitative estimate of drug-likeness (QED) is 0.730. The molecule has 3 rings (SSSR count). The molecular weight excluding hydrogens is 369 g/mol. The van der Waals surface area contributed by atoms with Crippen molar-refractivity contribution in [3.8, 4) is 0 Å². The van der Waals surface area contributed by atoms with Gasteiger partial charge in [-0.1, -0.05) is 0 Å². The lowest BCUT2D eigenvalue weighted by Crippen LogP contribution is -2.56. The molecule has 0 amide bonds. The predicted molar refractivity (Wildman–Crippen MR) is 87.1 cm³/mol. The summed E-state index contributed by atoms with van der Waals surface area (Å²) in [6.07, 6.45) is -2.37. The van der Waals surface area contributed by atoms with Crippen LogP contribution in [0.2, 0.25) is 0 Å². The fraction of sp³-hybridized carbons (Fsp3) is 0.500. The van der Waals surface area contributed by atoms with Crippen LogP contribution in [0, 0.1) is 0 Å². The van der Waals surface area contributed by atoms with Crippen molar-refractivity contribution in [3.63, 3.8) is 0 Å². The molecule has 0 saturated carbocycles. The molecule has 2 aliphatic rings. The Labute approximate surface area is 152 Å². The van der Waals surface area contributed by atoms with Crippen LogP contribution in [0.25, 0.3) is 0 Å². The molecule has 1 aromatic heterocycles. The molecule has 0 spiro atoms. The SMILES string of the molecule is CCOC(=O)[C@@]1(C(F)(F)F)N=C(c2ccncc2)OC(N2CCOCC2)=N1. The van der Waals surface area contributed by atoms with Gasteiger partial charge in [-0.05, 0) is 19.1 Å². The Balaban J connectivity index is 2.12. The van der Waals surface area contributed by atoms with Crippen LogP contribution < -0.4 is 0 Å². The third-order valence-electron chi connectivity index (χ3n) is 3.87. The summed E-state index contributed by atoms with van der Waals surface area (Å²) in [6, 6.07) is 2.49. The van der Waals surface area contributed by atoms with Gasteiger partial charge in [0.15, 0.2) is 0 Å². The summed E-state index contributed by atoms with van der Waals surface area (Å²) in [6.45, 7) is 2.27. The molecule has 0 aliphatic carbocycles. The van der Waals surface area contributed by atoms with Crippen LogP contribution in [0.3, 0.4) is 0 Å². The highest BCUT2D eigenvalue weighted by atomic mass is 19.4. The fourth-order valence-corrected chi connectivity index (χ4v) is 2.52. The van der Waals surface area contributed by atoms with Crippen molar-refractivity contribution in [2.75, 3.05) is 32.9 Å². The lowest BCUT2D eigenvalue weighted by Gasteiger charge is -2.35. The number of morpholine rings is 1. The summed E-state index contributed by atoms with van der Waals surface area (Å²) in [7, 11) is 0. The van der Waals surface area contributed by atoms with Gasteiger partial charge in [0.05, 0.1) is 19.8 Å². The van der Waals surface area contributed by atoms with E-state index < -0.39 is 17.8 Å². The number of hydrogen-bond acceptors (Lipinski definition) is 8. The van der Waals surface area contributed by atoms with Gasteiger partial charge in [0.1, 0.15) is 0 Å². The number of amidine groups is 1. The molecule has 0 N–H and O–H groups in total. The molecule has 3 heterocycles. The van der Waals surface area contributed by atoms with E-state index in [0.717, 1.165) is 0 Å². The zero-order chi connectivity index (χ0) is 19.5. The molecule has 0 unspecified atom stereocenters. The molecular formula is C16H17F3N4O4. The average molecular weight is 386 g/mol. The van der Waals surface area contributed by atoms with Crippen LogP contribution in [0.1, 0.15) is 12.5 Å². The smallest absolute Gasteiger partial charge is 0.446 e. The van der Waals surface area contributed by atoms with Crippen molar-refractivity contribution in [3.05, 3.63) is 30.1 Å².